The molecule has 1 aliphatic carbocycles. The molecular formula is C26H29NO4. The lowest BCUT2D eigenvalue weighted by atomic mass is 9.93. The number of aromatic nitrogens is 1. The molecule has 1 N–H and O–H groups in total. The van der Waals surface area contributed by atoms with Crippen molar-refractivity contribution in [1.82, 2.24) is 5.16 Å². The van der Waals surface area contributed by atoms with E-state index in [1.165, 1.54) is 0 Å². The fourth-order valence-corrected chi connectivity index (χ4v) is 4.20. The molecule has 1 fully saturated rings. The molecule has 0 amide bonds. The third-order valence-corrected chi connectivity index (χ3v) is 6.14. The maximum absolute atomic E-state index is 12.3. The van der Waals surface area contributed by atoms with Crippen LogP contribution in [0.2, 0.25) is 0 Å². The van der Waals surface area contributed by atoms with Crippen LogP contribution >= 0.6 is 0 Å². The van der Waals surface area contributed by atoms with Gasteiger partial charge >= 0.3 is 5.97 Å². The van der Waals surface area contributed by atoms with Crippen LogP contribution in [0.5, 0.6) is 0 Å². The maximum Gasteiger partial charge on any atom is 0.316 e. The molecule has 1 unspecified atom stereocenters. The monoisotopic (exact) mass is 419 g/mol. The molecule has 1 aromatic heterocycles. The Morgan fingerprint density at radius 1 is 1.06 bits per heavy atom. The SMILES string of the molecule is CCCC(O)c1c(C)noc1-c1ccc(-c2ccc(C3(C(=O)OCC)CC3)cc2)cc1. The second-order valence-electron chi connectivity index (χ2n) is 8.27. The first-order chi connectivity index (χ1) is 15.0. The summed E-state index contributed by atoms with van der Waals surface area (Å²) in [6.45, 7) is 6.16. The van der Waals surface area contributed by atoms with Crippen molar-refractivity contribution < 1.29 is 19.2 Å². The Hall–Kier alpha value is -2.92. The van der Waals surface area contributed by atoms with Crippen LogP contribution in [0.25, 0.3) is 22.5 Å². The second kappa shape index (κ2) is 8.67. The first-order valence-electron chi connectivity index (χ1n) is 11.0. The molecule has 3 aromatic rings. The van der Waals surface area contributed by atoms with E-state index in [4.69, 9.17) is 9.26 Å². The molecule has 1 saturated carbocycles. The summed E-state index contributed by atoms with van der Waals surface area (Å²) in [7, 11) is 0. The highest BCUT2D eigenvalue weighted by Crippen LogP contribution is 2.49. The number of rotatable bonds is 8. The number of hydrogen-bond acceptors (Lipinski definition) is 5. The number of aliphatic hydroxyl groups excluding tert-OH is 1. The van der Waals surface area contributed by atoms with E-state index in [2.05, 4.69) is 17.3 Å². The quantitative estimate of drug-likeness (QED) is 0.471. The summed E-state index contributed by atoms with van der Waals surface area (Å²) in [5.74, 6) is 0.515. The zero-order chi connectivity index (χ0) is 22.0. The first kappa shape index (κ1) is 21.3. The minimum Gasteiger partial charge on any atom is -0.465 e. The minimum absolute atomic E-state index is 0.115. The molecule has 5 heteroatoms. The highest BCUT2D eigenvalue weighted by molar-refractivity contribution is 5.87. The zero-order valence-electron chi connectivity index (χ0n) is 18.4. The van der Waals surface area contributed by atoms with Crippen LogP contribution in [0.1, 0.15) is 62.5 Å². The van der Waals surface area contributed by atoms with Crippen molar-refractivity contribution in [3.8, 4) is 22.5 Å². The van der Waals surface area contributed by atoms with Crippen LogP contribution in [0.15, 0.2) is 53.1 Å². The highest BCUT2D eigenvalue weighted by Gasteiger charge is 2.52. The summed E-state index contributed by atoms with van der Waals surface area (Å²) in [5.41, 5.74) is 5.12. The van der Waals surface area contributed by atoms with Crippen LogP contribution in [-0.2, 0) is 14.9 Å². The molecule has 0 bridgehead atoms. The lowest BCUT2D eigenvalue weighted by molar-refractivity contribution is -0.146. The molecule has 0 radical (unpaired) electrons. The highest BCUT2D eigenvalue weighted by atomic mass is 16.5. The molecule has 4 rings (SSSR count). The average molecular weight is 420 g/mol. The Bertz CT molecular complexity index is 1050. The van der Waals surface area contributed by atoms with Crippen LogP contribution in [0, 0.1) is 6.92 Å². The lowest BCUT2D eigenvalue weighted by Gasteiger charge is -2.15. The van der Waals surface area contributed by atoms with Crippen molar-refractivity contribution in [1.29, 1.82) is 0 Å². The molecule has 1 aliphatic rings. The van der Waals surface area contributed by atoms with Gasteiger partial charge in [0, 0.05) is 5.56 Å². The van der Waals surface area contributed by atoms with Gasteiger partial charge in [0.15, 0.2) is 5.76 Å². The maximum atomic E-state index is 12.3. The molecule has 0 saturated heterocycles. The van der Waals surface area contributed by atoms with E-state index < -0.39 is 11.5 Å². The summed E-state index contributed by atoms with van der Waals surface area (Å²) in [4.78, 5) is 12.3. The van der Waals surface area contributed by atoms with Gasteiger partial charge in [-0.25, -0.2) is 0 Å². The van der Waals surface area contributed by atoms with E-state index in [-0.39, 0.29) is 5.97 Å². The smallest absolute Gasteiger partial charge is 0.316 e. The lowest BCUT2D eigenvalue weighted by Crippen LogP contribution is -2.23. The van der Waals surface area contributed by atoms with Crippen molar-refractivity contribution >= 4 is 5.97 Å². The number of aliphatic hydroxyl groups is 1. The molecule has 0 aliphatic heterocycles. The number of aryl methyl sites for hydroxylation is 1. The molecule has 0 spiro atoms. The molecular weight excluding hydrogens is 390 g/mol. The van der Waals surface area contributed by atoms with Gasteiger partial charge in [-0.15, -0.1) is 0 Å². The Balaban J connectivity index is 1.55. The molecule has 31 heavy (non-hydrogen) atoms. The zero-order valence-corrected chi connectivity index (χ0v) is 18.4. The molecule has 1 atom stereocenters. The standard InChI is InChI=1S/C26H29NO4/c1-4-6-22(28)23-17(3)27-31-24(23)20-9-7-18(8-10-20)19-11-13-21(14-12-19)26(15-16-26)25(29)30-5-2/h7-14,22,28H,4-6,15-16H2,1-3H3. The number of esters is 1. The van der Waals surface area contributed by atoms with Gasteiger partial charge < -0.3 is 14.4 Å². The van der Waals surface area contributed by atoms with Crippen LogP contribution in [0.4, 0.5) is 0 Å². The number of hydrogen-bond donors (Lipinski definition) is 1. The van der Waals surface area contributed by atoms with Gasteiger partial charge in [-0.1, -0.05) is 67.0 Å². The van der Waals surface area contributed by atoms with Gasteiger partial charge in [-0.2, -0.15) is 0 Å². The number of ether oxygens (including phenoxy) is 1. The van der Waals surface area contributed by atoms with E-state index in [1.807, 2.05) is 57.2 Å². The summed E-state index contributed by atoms with van der Waals surface area (Å²) >= 11 is 0. The van der Waals surface area contributed by atoms with Crippen molar-refractivity contribution in [3.05, 3.63) is 65.4 Å². The molecule has 1 heterocycles. The van der Waals surface area contributed by atoms with E-state index in [0.29, 0.717) is 18.8 Å². The van der Waals surface area contributed by atoms with Crippen LogP contribution in [-0.4, -0.2) is 22.8 Å². The van der Waals surface area contributed by atoms with Gasteiger partial charge in [-0.3, -0.25) is 4.79 Å². The Kier molecular flexibility index (Phi) is 5.96. The van der Waals surface area contributed by atoms with Gasteiger partial charge in [0.1, 0.15) is 0 Å². The predicted molar refractivity (Wildman–Crippen MR) is 120 cm³/mol. The number of carbonyl (C=O) groups is 1. The van der Waals surface area contributed by atoms with E-state index in [9.17, 15) is 9.90 Å². The summed E-state index contributed by atoms with van der Waals surface area (Å²) in [5, 5.41) is 14.6. The van der Waals surface area contributed by atoms with Crippen LogP contribution < -0.4 is 0 Å². The fraction of sp³-hybridized carbons (Fsp3) is 0.385. The molecule has 162 valence electrons. The van der Waals surface area contributed by atoms with Gasteiger partial charge in [0.2, 0.25) is 0 Å². The Morgan fingerprint density at radius 3 is 2.19 bits per heavy atom. The number of nitrogens with zero attached hydrogens (tertiary/aromatic N) is 1. The summed E-state index contributed by atoms with van der Waals surface area (Å²) < 4.78 is 10.8. The van der Waals surface area contributed by atoms with Crippen molar-refractivity contribution in [2.75, 3.05) is 6.61 Å². The summed E-state index contributed by atoms with van der Waals surface area (Å²) in [6, 6.07) is 16.2. The van der Waals surface area contributed by atoms with E-state index in [0.717, 1.165) is 52.8 Å². The van der Waals surface area contributed by atoms with Gasteiger partial charge in [-0.05, 0) is 49.8 Å². The average Bonchev–Trinajstić information content (AvgIpc) is 3.51. The third kappa shape index (κ3) is 4.02. The Morgan fingerprint density at radius 2 is 1.65 bits per heavy atom. The normalized spacial score (nSPS) is 15.5. The number of benzene rings is 2. The van der Waals surface area contributed by atoms with Crippen molar-refractivity contribution in [2.45, 2.75) is 58.0 Å². The topological polar surface area (TPSA) is 72.6 Å². The Labute approximate surface area is 183 Å². The molecule has 2 aromatic carbocycles. The van der Waals surface area contributed by atoms with Crippen molar-refractivity contribution in [2.24, 2.45) is 0 Å². The largest absolute Gasteiger partial charge is 0.465 e. The number of carbonyl (C=O) groups excluding carboxylic acids is 1. The molecule has 5 nitrogen and oxygen atoms in total. The summed E-state index contributed by atoms with van der Waals surface area (Å²) in [6.07, 6.45) is 2.68. The fourth-order valence-electron chi connectivity index (χ4n) is 4.20. The van der Waals surface area contributed by atoms with Crippen molar-refractivity contribution in [3.63, 3.8) is 0 Å². The minimum atomic E-state index is -0.576. The first-order valence-corrected chi connectivity index (χ1v) is 11.0. The third-order valence-electron chi connectivity index (χ3n) is 6.14. The van der Waals surface area contributed by atoms with E-state index >= 15 is 0 Å². The van der Waals surface area contributed by atoms with E-state index in [1.54, 1.807) is 0 Å². The predicted octanol–water partition coefficient (Wildman–Crippen LogP) is 5.75. The van der Waals surface area contributed by atoms with Crippen LogP contribution in [0.3, 0.4) is 0 Å². The van der Waals surface area contributed by atoms with Gasteiger partial charge in [0.05, 0.1) is 29.4 Å². The second-order valence-corrected chi connectivity index (χ2v) is 8.27. The van der Waals surface area contributed by atoms with Gasteiger partial charge in [0.25, 0.3) is 0 Å².